The standard InChI is InChI=1S/C20H32N2O3/c1-2-3-4-10-13-24-14-11-8-6-5-7-9-12-18-15-17-16-21-20(23)22-19(17)25-18/h15-16H,2-14H2,1H3,(H,21,22,23). The number of fused-ring (bicyclic) bond motifs is 1. The molecule has 0 atom stereocenters. The number of H-pyrrole nitrogens is 1. The molecular weight excluding hydrogens is 316 g/mol. The van der Waals surface area contributed by atoms with Gasteiger partial charge in [0.1, 0.15) is 5.76 Å². The number of ether oxygens (including phenoxy) is 1. The molecule has 5 nitrogen and oxygen atoms in total. The maximum Gasteiger partial charge on any atom is 0.347 e. The number of aromatic amines is 1. The normalized spacial score (nSPS) is 11.4. The van der Waals surface area contributed by atoms with Gasteiger partial charge in [-0.15, -0.1) is 0 Å². The van der Waals surface area contributed by atoms with Crippen LogP contribution in [0.4, 0.5) is 0 Å². The van der Waals surface area contributed by atoms with E-state index in [2.05, 4.69) is 16.9 Å². The molecule has 140 valence electrons. The van der Waals surface area contributed by atoms with Crippen molar-refractivity contribution in [2.75, 3.05) is 13.2 Å². The minimum Gasteiger partial charge on any atom is -0.445 e. The Labute approximate surface area is 150 Å². The van der Waals surface area contributed by atoms with Crippen molar-refractivity contribution in [3.8, 4) is 0 Å². The van der Waals surface area contributed by atoms with E-state index in [9.17, 15) is 4.79 Å². The summed E-state index contributed by atoms with van der Waals surface area (Å²) in [5, 5.41) is 0.865. The maximum absolute atomic E-state index is 11.1. The number of unbranched alkanes of at least 4 members (excludes halogenated alkanes) is 8. The Morgan fingerprint density at radius 1 is 1.00 bits per heavy atom. The number of nitrogens with one attached hydrogen (secondary N) is 1. The van der Waals surface area contributed by atoms with Gasteiger partial charge in [-0.1, -0.05) is 51.9 Å². The molecule has 0 unspecified atom stereocenters. The van der Waals surface area contributed by atoms with E-state index in [0.717, 1.165) is 37.2 Å². The van der Waals surface area contributed by atoms with E-state index in [1.165, 1.54) is 57.8 Å². The summed E-state index contributed by atoms with van der Waals surface area (Å²) < 4.78 is 11.3. The Bertz CT molecular complexity index is 648. The smallest absolute Gasteiger partial charge is 0.347 e. The molecule has 0 saturated carbocycles. The molecule has 0 fully saturated rings. The number of nitrogens with zero attached hydrogens (tertiary/aromatic N) is 1. The van der Waals surface area contributed by atoms with Gasteiger partial charge in [0.05, 0.1) is 5.39 Å². The van der Waals surface area contributed by atoms with Gasteiger partial charge >= 0.3 is 5.69 Å². The van der Waals surface area contributed by atoms with Crippen LogP contribution in [0.2, 0.25) is 0 Å². The van der Waals surface area contributed by atoms with Crippen LogP contribution >= 0.6 is 0 Å². The molecule has 0 amide bonds. The van der Waals surface area contributed by atoms with Gasteiger partial charge in [0.15, 0.2) is 0 Å². The molecule has 0 aliphatic carbocycles. The minimum absolute atomic E-state index is 0.363. The topological polar surface area (TPSA) is 68.1 Å². The third-order valence-electron chi connectivity index (χ3n) is 4.46. The van der Waals surface area contributed by atoms with Crippen LogP contribution in [0, 0.1) is 0 Å². The predicted molar refractivity (Wildman–Crippen MR) is 101 cm³/mol. The van der Waals surface area contributed by atoms with Crippen molar-refractivity contribution in [2.45, 2.75) is 77.6 Å². The highest BCUT2D eigenvalue weighted by Crippen LogP contribution is 2.17. The highest BCUT2D eigenvalue weighted by atomic mass is 16.5. The second-order valence-electron chi connectivity index (χ2n) is 6.73. The molecule has 2 aromatic heterocycles. The highest BCUT2D eigenvalue weighted by molar-refractivity contribution is 5.72. The summed E-state index contributed by atoms with van der Waals surface area (Å²) in [6.07, 6.45) is 14.9. The van der Waals surface area contributed by atoms with Gasteiger partial charge < -0.3 is 9.15 Å². The minimum atomic E-state index is -0.363. The van der Waals surface area contributed by atoms with Gasteiger partial charge in [0, 0.05) is 25.8 Å². The number of rotatable bonds is 14. The average Bonchev–Trinajstić information content (AvgIpc) is 3.01. The third-order valence-corrected chi connectivity index (χ3v) is 4.46. The Morgan fingerprint density at radius 2 is 1.68 bits per heavy atom. The number of hydrogen-bond donors (Lipinski definition) is 1. The van der Waals surface area contributed by atoms with Crippen molar-refractivity contribution in [2.24, 2.45) is 0 Å². The molecule has 0 aromatic carbocycles. The Hall–Kier alpha value is -1.62. The molecular formula is C20H32N2O3. The van der Waals surface area contributed by atoms with Crippen LogP contribution in [0.25, 0.3) is 11.1 Å². The zero-order valence-corrected chi connectivity index (χ0v) is 15.5. The zero-order chi connectivity index (χ0) is 17.7. The van der Waals surface area contributed by atoms with Crippen LogP contribution in [0.15, 0.2) is 21.5 Å². The largest absolute Gasteiger partial charge is 0.445 e. The lowest BCUT2D eigenvalue weighted by Crippen LogP contribution is -2.07. The van der Waals surface area contributed by atoms with Crippen LogP contribution in [-0.4, -0.2) is 23.2 Å². The molecule has 0 radical (unpaired) electrons. The fourth-order valence-electron chi connectivity index (χ4n) is 2.98. The quantitative estimate of drug-likeness (QED) is 0.488. The monoisotopic (exact) mass is 348 g/mol. The molecule has 0 bridgehead atoms. The molecule has 0 aliphatic rings. The first kappa shape index (κ1) is 19.7. The van der Waals surface area contributed by atoms with Crippen LogP contribution in [0.5, 0.6) is 0 Å². The van der Waals surface area contributed by atoms with Gasteiger partial charge in [0.2, 0.25) is 5.71 Å². The molecule has 0 aliphatic heterocycles. The number of aromatic nitrogens is 2. The molecule has 2 heterocycles. The SMILES string of the molecule is CCCCCCOCCCCCCCCc1cc2cnc(=O)[nH]c2o1. The van der Waals surface area contributed by atoms with E-state index in [1.807, 2.05) is 6.07 Å². The molecule has 5 heteroatoms. The van der Waals surface area contributed by atoms with Crippen LogP contribution in [0.1, 0.15) is 76.9 Å². The van der Waals surface area contributed by atoms with E-state index in [-0.39, 0.29) is 5.69 Å². The molecule has 2 aromatic rings. The second-order valence-corrected chi connectivity index (χ2v) is 6.73. The lowest BCUT2D eigenvalue weighted by Gasteiger charge is -2.04. The zero-order valence-electron chi connectivity index (χ0n) is 15.5. The van der Waals surface area contributed by atoms with Crippen LogP contribution < -0.4 is 5.69 Å². The van der Waals surface area contributed by atoms with Gasteiger partial charge in [-0.25, -0.2) is 9.78 Å². The van der Waals surface area contributed by atoms with E-state index in [0.29, 0.717) is 5.71 Å². The molecule has 25 heavy (non-hydrogen) atoms. The summed E-state index contributed by atoms with van der Waals surface area (Å²) in [5.41, 5.74) is 0.169. The summed E-state index contributed by atoms with van der Waals surface area (Å²) in [7, 11) is 0. The number of aryl methyl sites for hydroxylation is 1. The van der Waals surface area contributed by atoms with Crippen LogP contribution in [-0.2, 0) is 11.2 Å². The fraction of sp³-hybridized carbons (Fsp3) is 0.700. The van der Waals surface area contributed by atoms with Gasteiger partial charge in [-0.05, 0) is 25.3 Å². The number of furan rings is 1. The molecule has 0 spiro atoms. The summed E-state index contributed by atoms with van der Waals surface area (Å²) in [6.45, 7) is 4.08. The lowest BCUT2D eigenvalue weighted by molar-refractivity contribution is 0.125. The van der Waals surface area contributed by atoms with Crippen molar-refractivity contribution in [3.63, 3.8) is 0 Å². The van der Waals surface area contributed by atoms with Crippen molar-refractivity contribution >= 4 is 11.1 Å². The van der Waals surface area contributed by atoms with Gasteiger partial charge in [-0.2, -0.15) is 0 Å². The second kappa shape index (κ2) is 11.9. The lowest BCUT2D eigenvalue weighted by atomic mass is 10.1. The first-order valence-electron chi connectivity index (χ1n) is 9.85. The summed E-state index contributed by atoms with van der Waals surface area (Å²) in [6, 6.07) is 1.97. The predicted octanol–water partition coefficient (Wildman–Crippen LogP) is 5.00. The first-order valence-corrected chi connectivity index (χ1v) is 9.85. The van der Waals surface area contributed by atoms with E-state index in [4.69, 9.17) is 9.15 Å². The van der Waals surface area contributed by atoms with Crippen molar-refractivity contribution in [1.29, 1.82) is 0 Å². The molecule has 1 N–H and O–H groups in total. The Balaban J connectivity index is 1.43. The van der Waals surface area contributed by atoms with Crippen molar-refractivity contribution in [1.82, 2.24) is 9.97 Å². The summed E-state index contributed by atoms with van der Waals surface area (Å²) >= 11 is 0. The molecule has 2 rings (SSSR count). The average molecular weight is 348 g/mol. The number of hydrogen-bond acceptors (Lipinski definition) is 4. The van der Waals surface area contributed by atoms with Gasteiger partial charge in [0.25, 0.3) is 0 Å². The van der Waals surface area contributed by atoms with Gasteiger partial charge in [-0.3, -0.25) is 4.98 Å². The Kier molecular flexibility index (Phi) is 9.34. The molecule has 0 saturated heterocycles. The third kappa shape index (κ3) is 7.86. The maximum atomic E-state index is 11.1. The fourth-order valence-corrected chi connectivity index (χ4v) is 2.98. The van der Waals surface area contributed by atoms with E-state index >= 15 is 0 Å². The van der Waals surface area contributed by atoms with E-state index in [1.54, 1.807) is 6.20 Å². The first-order chi connectivity index (χ1) is 12.3. The highest BCUT2D eigenvalue weighted by Gasteiger charge is 2.04. The van der Waals surface area contributed by atoms with Crippen molar-refractivity contribution in [3.05, 3.63) is 28.5 Å². The van der Waals surface area contributed by atoms with Crippen LogP contribution in [0.3, 0.4) is 0 Å². The summed E-state index contributed by atoms with van der Waals surface area (Å²) in [4.78, 5) is 17.5. The summed E-state index contributed by atoms with van der Waals surface area (Å²) in [5.74, 6) is 0.926. The van der Waals surface area contributed by atoms with E-state index < -0.39 is 0 Å². The van der Waals surface area contributed by atoms with Crippen molar-refractivity contribution < 1.29 is 9.15 Å². The Morgan fingerprint density at radius 3 is 2.44 bits per heavy atom.